The van der Waals surface area contributed by atoms with Gasteiger partial charge in [0, 0.05) is 19.5 Å². The van der Waals surface area contributed by atoms with Crippen molar-refractivity contribution in [3.05, 3.63) is 0 Å². The van der Waals surface area contributed by atoms with E-state index in [1.54, 1.807) is 0 Å². The van der Waals surface area contributed by atoms with Crippen molar-refractivity contribution in [1.29, 1.82) is 0 Å². The summed E-state index contributed by atoms with van der Waals surface area (Å²) < 4.78 is 0. The Kier molecular flexibility index (Phi) is 5.44. The Labute approximate surface area is 96.6 Å². The van der Waals surface area contributed by atoms with Crippen LogP contribution in [0.25, 0.3) is 0 Å². The van der Waals surface area contributed by atoms with Gasteiger partial charge in [0.15, 0.2) is 0 Å². The lowest BCUT2D eigenvalue weighted by molar-refractivity contribution is -0.155. The van der Waals surface area contributed by atoms with E-state index < -0.39 is 11.5 Å². The van der Waals surface area contributed by atoms with Gasteiger partial charge in [-0.25, -0.2) is 4.79 Å². The first-order valence-electron chi connectivity index (χ1n) is 5.49. The number of hydrogen-bond acceptors (Lipinski definition) is 3. The Morgan fingerprint density at radius 2 is 1.94 bits per heavy atom. The van der Waals surface area contributed by atoms with E-state index in [9.17, 15) is 9.59 Å². The standard InChI is InChI=1S/C11H22N2O3/c1-5-6-8(12)7-9(14)13(4)11(2,3)10(15)16/h8H,5-7,12H2,1-4H3,(H,15,16). The summed E-state index contributed by atoms with van der Waals surface area (Å²) in [6.45, 7) is 4.99. The molecule has 0 aromatic rings. The molecular weight excluding hydrogens is 208 g/mol. The van der Waals surface area contributed by atoms with E-state index in [4.69, 9.17) is 10.8 Å². The second kappa shape index (κ2) is 5.84. The lowest BCUT2D eigenvalue weighted by atomic mass is 10.0. The van der Waals surface area contributed by atoms with Crippen molar-refractivity contribution >= 4 is 11.9 Å². The first-order chi connectivity index (χ1) is 7.23. The summed E-state index contributed by atoms with van der Waals surface area (Å²) in [4.78, 5) is 24.0. The highest BCUT2D eigenvalue weighted by Gasteiger charge is 2.35. The summed E-state index contributed by atoms with van der Waals surface area (Å²) in [6, 6.07) is -0.190. The van der Waals surface area contributed by atoms with Gasteiger partial charge in [-0.2, -0.15) is 0 Å². The minimum absolute atomic E-state index is 0.190. The van der Waals surface area contributed by atoms with Crippen molar-refractivity contribution < 1.29 is 14.7 Å². The number of hydrogen-bond donors (Lipinski definition) is 2. The van der Waals surface area contributed by atoms with Crippen molar-refractivity contribution in [1.82, 2.24) is 4.90 Å². The molecule has 1 amide bonds. The second-order valence-electron chi connectivity index (χ2n) is 4.57. The number of amides is 1. The third kappa shape index (κ3) is 3.81. The molecule has 16 heavy (non-hydrogen) atoms. The van der Waals surface area contributed by atoms with Crippen molar-refractivity contribution in [2.75, 3.05) is 7.05 Å². The SMILES string of the molecule is CCCC(N)CC(=O)N(C)C(C)(C)C(=O)O. The number of aliphatic carboxylic acids is 1. The molecule has 0 aromatic carbocycles. The summed E-state index contributed by atoms with van der Waals surface area (Å²) in [5.74, 6) is -1.25. The molecule has 0 fully saturated rings. The van der Waals surface area contributed by atoms with Crippen molar-refractivity contribution in [3.63, 3.8) is 0 Å². The maximum atomic E-state index is 11.8. The van der Waals surface area contributed by atoms with Gasteiger partial charge in [-0.05, 0) is 20.3 Å². The van der Waals surface area contributed by atoms with Gasteiger partial charge in [0.25, 0.3) is 0 Å². The molecule has 0 heterocycles. The minimum atomic E-state index is -1.19. The molecule has 0 aromatic heterocycles. The average molecular weight is 230 g/mol. The molecule has 1 atom stereocenters. The van der Waals surface area contributed by atoms with Gasteiger partial charge in [0.1, 0.15) is 5.54 Å². The molecule has 1 unspecified atom stereocenters. The van der Waals surface area contributed by atoms with Crippen LogP contribution in [0.15, 0.2) is 0 Å². The van der Waals surface area contributed by atoms with Gasteiger partial charge < -0.3 is 15.7 Å². The van der Waals surface area contributed by atoms with Crippen molar-refractivity contribution in [2.45, 2.75) is 51.6 Å². The van der Waals surface area contributed by atoms with E-state index in [0.29, 0.717) is 0 Å². The summed E-state index contributed by atoms with van der Waals surface area (Å²) in [5.41, 5.74) is 4.56. The van der Waals surface area contributed by atoms with Crippen LogP contribution in [-0.4, -0.2) is 40.5 Å². The van der Waals surface area contributed by atoms with Crippen LogP contribution >= 0.6 is 0 Å². The molecule has 0 aliphatic rings. The highest BCUT2D eigenvalue weighted by Crippen LogP contribution is 2.14. The highest BCUT2D eigenvalue weighted by atomic mass is 16.4. The van der Waals surface area contributed by atoms with Crippen LogP contribution in [0.1, 0.15) is 40.0 Å². The molecule has 0 saturated heterocycles. The predicted molar refractivity (Wildman–Crippen MR) is 62.0 cm³/mol. The zero-order valence-corrected chi connectivity index (χ0v) is 10.5. The van der Waals surface area contributed by atoms with E-state index in [1.165, 1.54) is 25.8 Å². The molecule has 0 spiro atoms. The first-order valence-corrected chi connectivity index (χ1v) is 5.49. The zero-order chi connectivity index (χ0) is 12.9. The molecular formula is C11H22N2O3. The molecule has 0 saturated carbocycles. The molecule has 5 nitrogen and oxygen atoms in total. The Morgan fingerprint density at radius 3 is 2.31 bits per heavy atom. The number of nitrogens with zero attached hydrogens (tertiary/aromatic N) is 1. The molecule has 0 aliphatic carbocycles. The van der Waals surface area contributed by atoms with Crippen LogP contribution in [0.2, 0.25) is 0 Å². The van der Waals surface area contributed by atoms with Crippen molar-refractivity contribution in [2.24, 2.45) is 5.73 Å². The summed E-state index contributed by atoms with van der Waals surface area (Å²) in [6.07, 6.45) is 1.88. The zero-order valence-electron chi connectivity index (χ0n) is 10.5. The van der Waals surface area contributed by atoms with Crippen LogP contribution in [0.5, 0.6) is 0 Å². The maximum Gasteiger partial charge on any atom is 0.329 e. The van der Waals surface area contributed by atoms with E-state index >= 15 is 0 Å². The third-order valence-electron chi connectivity index (χ3n) is 2.83. The number of carbonyl (C=O) groups is 2. The normalized spacial score (nSPS) is 13.3. The molecule has 0 rings (SSSR count). The quantitative estimate of drug-likeness (QED) is 0.707. The number of carboxylic acid groups (broad SMARTS) is 1. The lowest BCUT2D eigenvalue weighted by Crippen LogP contribution is -2.51. The molecule has 0 aliphatic heterocycles. The van der Waals surface area contributed by atoms with Crippen molar-refractivity contribution in [3.8, 4) is 0 Å². The summed E-state index contributed by atoms with van der Waals surface area (Å²) in [7, 11) is 1.50. The third-order valence-corrected chi connectivity index (χ3v) is 2.83. The van der Waals surface area contributed by atoms with Gasteiger partial charge >= 0.3 is 5.97 Å². The number of carbonyl (C=O) groups excluding carboxylic acids is 1. The van der Waals surface area contributed by atoms with E-state index in [2.05, 4.69) is 0 Å². The Balaban J connectivity index is 4.45. The lowest BCUT2D eigenvalue weighted by Gasteiger charge is -2.32. The van der Waals surface area contributed by atoms with E-state index in [0.717, 1.165) is 12.8 Å². The van der Waals surface area contributed by atoms with E-state index in [-0.39, 0.29) is 18.4 Å². The Bertz CT molecular complexity index is 264. The summed E-state index contributed by atoms with van der Waals surface area (Å²) in [5, 5.41) is 8.97. The van der Waals surface area contributed by atoms with Crippen LogP contribution < -0.4 is 5.73 Å². The molecule has 5 heteroatoms. The highest BCUT2D eigenvalue weighted by molar-refractivity contribution is 5.86. The fourth-order valence-corrected chi connectivity index (χ4v) is 1.29. The van der Waals surface area contributed by atoms with Crippen LogP contribution in [0, 0.1) is 0 Å². The molecule has 3 N–H and O–H groups in total. The van der Waals surface area contributed by atoms with Gasteiger partial charge in [0.05, 0.1) is 0 Å². The number of nitrogens with two attached hydrogens (primary N) is 1. The topological polar surface area (TPSA) is 83.6 Å². The fourth-order valence-electron chi connectivity index (χ4n) is 1.29. The van der Waals surface area contributed by atoms with E-state index in [1.807, 2.05) is 6.92 Å². The van der Waals surface area contributed by atoms with Gasteiger partial charge in [-0.3, -0.25) is 4.79 Å². The largest absolute Gasteiger partial charge is 0.480 e. The molecule has 0 radical (unpaired) electrons. The molecule has 94 valence electrons. The second-order valence-corrected chi connectivity index (χ2v) is 4.57. The van der Waals surface area contributed by atoms with Crippen LogP contribution in [-0.2, 0) is 9.59 Å². The molecule has 0 bridgehead atoms. The minimum Gasteiger partial charge on any atom is -0.480 e. The predicted octanol–water partition coefficient (Wildman–Crippen LogP) is 0.825. The van der Waals surface area contributed by atoms with Gasteiger partial charge in [-0.15, -0.1) is 0 Å². The van der Waals surface area contributed by atoms with Crippen LogP contribution in [0.3, 0.4) is 0 Å². The first kappa shape index (κ1) is 14.9. The Hall–Kier alpha value is -1.10. The smallest absolute Gasteiger partial charge is 0.329 e. The number of rotatable bonds is 6. The van der Waals surface area contributed by atoms with Gasteiger partial charge in [-0.1, -0.05) is 13.3 Å². The fraction of sp³-hybridized carbons (Fsp3) is 0.818. The summed E-state index contributed by atoms with van der Waals surface area (Å²) >= 11 is 0. The van der Waals surface area contributed by atoms with Crippen LogP contribution in [0.4, 0.5) is 0 Å². The number of likely N-dealkylation sites (N-methyl/N-ethyl adjacent to an activating group) is 1. The number of carboxylic acids is 1. The monoisotopic (exact) mass is 230 g/mol. The average Bonchev–Trinajstić information content (AvgIpc) is 2.16. The van der Waals surface area contributed by atoms with Gasteiger partial charge in [0.2, 0.25) is 5.91 Å². The Morgan fingerprint density at radius 1 is 1.44 bits per heavy atom. The maximum absolute atomic E-state index is 11.8.